The largest absolute Gasteiger partial charge is 0.382 e. The number of hydrogen-bond donors (Lipinski definition) is 1. The average molecular weight is 251 g/mol. The Morgan fingerprint density at radius 1 is 1.22 bits per heavy atom. The Bertz CT molecular complexity index is 290. The SMILES string of the molecule is CCNCC(COC)OCCCc1ccccc1. The minimum Gasteiger partial charge on any atom is -0.382 e. The van der Waals surface area contributed by atoms with Crippen LogP contribution in [0.25, 0.3) is 0 Å². The van der Waals surface area contributed by atoms with Gasteiger partial charge in [-0.1, -0.05) is 37.3 Å². The molecule has 0 amide bonds. The van der Waals surface area contributed by atoms with Crippen LogP contribution in [0.1, 0.15) is 18.9 Å². The molecule has 0 aliphatic heterocycles. The lowest BCUT2D eigenvalue weighted by Crippen LogP contribution is -2.32. The van der Waals surface area contributed by atoms with Gasteiger partial charge in [0.2, 0.25) is 0 Å². The Morgan fingerprint density at radius 2 is 2.00 bits per heavy atom. The molecular weight excluding hydrogens is 226 g/mol. The highest BCUT2D eigenvalue weighted by atomic mass is 16.5. The van der Waals surface area contributed by atoms with Crippen molar-refractivity contribution in [1.82, 2.24) is 5.32 Å². The number of rotatable bonds is 10. The zero-order chi connectivity index (χ0) is 13.1. The molecule has 1 N–H and O–H groups in total. The van der Waals surface area contributed by atoms with Crippen molar-refractivity contribution >= 4 is 0 Å². The van der Waals surface area contributed by atoms with E-state index in [2.05, 4.69) is 36.5 Å². The van der Waals surface area contributed by atoms with Gasteiger partial charge >= 0.3 is 0 Å². The summed E-state index contributed by atoms with van der Waals surface area (Å²) in [5.41, 5.74) is 1.37. The normalized spacial score (nSPS) is 12.6. The molecule has 0 bridgehead atoms. The molecule has 3 nitrogen and oxygen atoms in total. The molecule has 0 radical (unpaired) electrons. The van der Waals surface area contributed by atoms with Crippen LogP contribution in [0.2, 0.25) is 0 Å². The molecule has 0 aliphatic carbocycles. The zero-order valence-corrected chi connectivity index (χ0v) is 11.5. The molecule has 0 saturated heterocycles. The smallest absolute Gasteiger partial charge is 0.0932 e. The summed E-state index contributed by atoms with van der Waals surface area (Å²) in [6.45, 7) is 5.36. The van der Waals surface area contributed by atoms with Crippen LogP contribution < -0.4 is 5.32 Å². The molecule has 0 saturated carbocycles. The fourth-order valence-corrected chi connectivity index (χ4v) is 1.83. The van der Waals surface area contributed by atoms with Gasteiger partial charge in [0.05, 0.1) is 12.7 Å². The molecule has 102 valence electrons. The fraction of sp³-hybridized carbons (Fsp3) is 0.600. The minimum atomic E-state index is 0.158. The number of nitrogens with one attached hydrogen (secondary N) is 1. The van der Waals surface area contributed by atoms with Gasteiger partial charge < -0.3 is 14.8 Å². The second-order valence-corrected chi connectivity index (χ2v) is 4.34. The van der Waals surface area contributed by atoms with E-state index in [0.717, 1.165) is 32.5 Å². The second-order valence-electron chi connectivity index (χ2n) is 4.34. The molecule has 1 atom stereocenters. The van der Waals surface area contributed by atoms with Crippen LogP contribution in [0, 0.1) is 0 Å². The first-order valence-electron chi connectivity index (χ1n) is 6.72. The van der Waals surface area contributed by atoms with Crippen molar-refractivity contribution in [3.63, 3.8) is 0 Å². The summed E-state index contributed by atoms with van der Waals surface area (Å²) in [6, 6.07) is 10.5. The lowest BCUT2D eigenvalue weighted by Gasteiger charge is -2.17. The highest BCUT2D eigenvalue weighted by Crippen LogP contribution is 2.03. The lowest BCUT2D eigenvalue weighted by molar-refractivity contribution is -0.00147. The van der Waals surface area contributed by atoms with Gasteiger partial charge in [-0.05, 0) is 24.9 Å². The van der Waals surface area contributed by atoms with E-state index in [0.29, 0.717) is 6.61 Å². The van der Waals surface area contributed by atoms with E-state index in [9.17, 15) is 0 Å². The zero-order valence-electron chi connectivity index (χ0n) is 11.5. The quantitative estimate of drug-likeness (QED) is 0.647. The van der Waals surface area contributed by atoms with Gasteiger partial charge in [-0.2, -0.15) is 0 Å². The first kappa shape index (κ1) is 15.2. The third-order valence-corrected chi connectivity index (χ3v) is 2.78. The third-order valence-electron chi connectivity index (χ3n) is 2.78. The van der Waals surface area contributed by atoms with Crippen LogP contribution in [0.3, 0.4) is 0 Å². The Balaban J connectivity index is 2.14. The molecule has 3 heteroatoms. The highest BCUT2D eigenvalue weighted by molar-refractivity contribution is 5.14. The molecular formula is C15H25NO2. The van der Waals surface area contributed by atoms with E-state index in [1.54, 1.807) is 7.11 Å². The van der Waals surface area contributed by atoms with Crippen molar-refractivity contribution < 1.29 is 9.47 Å². The summed E-state index contributed by atoms with van der Waals surface area (Å²) >= 11 is 0. The van der Waals surface area contributed by atoms with Crippen LogP contribution in [-0.4, -0.2) is 39.5 Å². The molecule has 0 heterocycles. The molecule has 18 heavy (non-hydrogen) atoms. The van der Waals surface area contributed by atoms with Crippen LogP contribution in [0.4, 0.5) is 0 Å². The van der Waals surface area contributed by atoms with E-state index >= 15 is 0 Å². The Kier molecular flexibility index (Phi) is 8.47. The first-order valence-corrected chi connectivity index (χ1v) is 6.72. The second kappa shape index (κ2) is 10.1. The van der Waals surface area contributed by atoms with Gasteiger partial charge in [0.1, 0.15) is 0 Å². The van der Waals surface area contributed by atoms with E-state index in [4.69, 9.17) is 9.47 Å². The van der Waals surface area contributed by atoms with Crippen molar-refractivity contribution in [1.29, 1.82) is 0 Å². The number of aryl methyl sites for hydroxylation is 1. The Morgan fingerprint density at radius 3 is 2.67 bits per heavy atom. The predicted octanol–water partition coefficient (Wildman–Crippen LogP) is 2.26. The van der Waals surface area contributed by atoms with Crippen molar-refractivity contribution in [2.24, 2.45) is 0 Å². The minimum absolute atomic E-state index is 0.158. The maximum atomic E-state index is 5.82. The number of methoxy groups -OCH3 is 1. The number of likely N-dealkylation sites (N-methyl/N-ethyl adjacent to an activating group) is 1. The van der Waals surface area contributed by atoms with Crippen LogP contribution in [-0.2, 0) is 15.9 Å². The van der Waals surface area contributed by atoms with Gasteiger partial charge in [-0.25, -0.2) is 0 Å². The van der Waals surface area contributed by atoms with Crippen molar-refractivity contribution in [2.75, 3.05) is 33.4 Å². The fourth-order valence-electron chi connectivity index (χ4n) is 1.83. The molecule has 1 aromatic carbocycles. The van der Waals surface area contributed by atoms with Gasteiger partial charge in [-0.3, -0.25) is 0 Å². The number of benzene rings is 1. The average Bonchev–Trinajstić information content (AvgIpc) is 2.42. The van der Waals surface area contributed by atoms with Crippen molar-refractivity contribution in [3.8, 4) is 0 Å². The maximum absolute atomic E-state index is 5.82. The molecule has 0 spiro atoms. The monoisotopic (exact) mass is 251 g/mol. The highest BCUT2D eigenvalue weighted by Gasteiger charge is 2.07. The summed E-state index contributed by atoms with van der Waals surface area (Å²) in [7, 11) is 1.71. The van der Waals surface area contributed by atoms with Crippen LogP contribution in [0.5, 0.6) is 0 Å². The van der Waals surface area contributed by atoms with Crippen LogP contribution >= 0.6 is 0 Å². The summed E-state index contributed by atoms with van der Waals surface area (Å²) in [6.07, 6.45) is 2.28. The summed E-state index contributed by atoms with van der Waals surface area (Å²) in [4.78, 5) is 0. The Hall–Kier alpha value is -0.900. The van der Waals surface area contributed by atoms with Gasteiger partial charge in [0, 0.05) is 20.3 Å². The summed E-state index contributed by atoms with van der Waals surface area (Å²) < 4.78 is 11.0. The standard InChI is InChI=1S/C15H25NO2/c1-3-16-12-15(13-17-2)18-11-7-10-14-8-5-4-6-9-14/h4-6,8-9,15-16H,3,7,10-13H2,1-2H3. The number of hydrogen-bond acceptors (Lipinski definition) is 3. The number of ether oxygens (including phenoxy) is 2. The summed E-state index contributed by atoms with van der Waals surface area (Å²) in [5, 5.41) is 3.29. The molecule has 1 rings (SSSR count). The van der Waals surface area contributed by atoms with Gasteiger partial charge in [0.15, 0.2) is 0 Å². The van der Waals surface area contributed by atoms with E-state index < -0.39 is 0 Å². The van der Waals surface area contributed by atoms with Gasteiger partial charge in [0.25, 0.3) is 0 Å². The van der Waals surface area contributed by atoms with E-state index in [1.807, 2.05) is 6.07 Å². The van der Waals surface area contributed by atoms with Crippen LogP contribution in [0.15, 0.2) is 30.3 Å². The van der Waals surface area contributed by atoms with Crippen molar-refractivity contribution in [3.05, 3.63) is 35.9 Å². The lowest BCUT2D eigenvalue weighted by atomic mass is 10.1. The molecule has 0 aliphatic rings. The first-order chi connectivity index (χ1) is 8.86. The molecule has 1 unspecified atom stereocenters. The Labute approximate surface area is 110 Å². The van der Waals surface area contributed by atoms with Gasteiger partial charge in [-0.15, -0.1) is 0 Å². The maximum Gasteiger partial charge on any atom is 0.0932 e. The third kappa shape index (κ3) is 6.74. The van der Waals surface area contributed by atoms with E-state index in [1.165, 1.54) is 5.56 Å². The summed E-state index contributed by atoms with van der Waals surface area (Å²) in [5.74, 6) is 0. The van der Waals surface area contributed by atoms with E-state index in [-0.39, 0.29) is 6.10 Å². The topological polar surface area (TPSA) is 30.5 Å². The molecule has 0 fully saturated rings. The molecule has 1 aromatic rings. The van der Waals surface area contributed by atoms with Crippen molar-refractivity contribution in [2.45, 2.75) is 25.9 Å². The predicted molar refractivity (Wildman–Crippen MR) is 74.9 cm³/mol. The molecule has 0 aromatic heterocycles.